The molecule has 9 rings (SSSR count). The normalized spacial score (nSPS) is 11.6. The predicted octanol–water partition coefficient (Wildman–Crippen LogP) is 11.7. The lowest BCUT2D eigenvalue weighted by atomic mass is 9.98. The summed E-state index contributed by atoms with van der Waals surface area (Å²) in [6, 6.07) is 54.5. The smallest absolute Gasteiger partial charge is 0.227 e. The summed E-state index contributed by atoms with van der Waals surface area (Å²) in [6.45, 7) is 0. The van der Waals surface area contributed by atoms with Gasteiger partial charge in [0.05, 0.1) is 5.69 Å². The highest BCUT2D eigenvalue weighted by atomic mass is 16.4. The van der Waals surface area contributed by atoms with Crippen molar-refractivity contribution in [2.45, 2.75) is 0 Å². The summed E-state index contributed by atoms with van der Waals surface area (Å²) in [5, 5.41) is 4.52. The predicted molar refractivity (Wildman–Crippen MR) is 184 cm³/mol. The van der Waals surface area contributed by atoms with Crippen LogP contribution in [0.1, 0.15) is 0 Å². The number of hydrogen-bond acceptors (Lipinski definition) is 4. The van der Waals surface area contributed by atoms with E-state index in [4.69, 9.17) is 13.8 Å². The van der Waals surface area contributed by atoms with E-state index < -0.39 is 0 Å². The van der Waals surface area contributed by atoms with Gasteiger partial charge in [-0.1, -0.05) is 103 Å². The molecule has 0 N–H and O–H groups in total. The number of hydrogen-bond donors (Lipinski definition) is 0. The third kappa shape index (κ3) is 4.27. The van der Waals surface area contributed by atoms with Crippen LogP contribution in [0.4, 0.5) is 17.1 Å². The maximum atomic E-state index is 6.64. The van der Waals surface area contributed by atoms with Gasteiger partial charge < -0.3 is 13.7 Å². The van der Waals surface area contributed by atoms with Gasteiger partial charge in [0.15, 0.2) is 11.2 Å². The lowest BCUT2D eigenvalue weighted by molar-refractivity contribution is 0.617. The van der Waals surface area contributed by atoms with Crippen molar-refractivity contribution in [3.05, 3.63) is 158 Å². The molecule has 4 heteroatoms. The van der Waals surface area contributed by atoms with Crippen LogP contribution in [0.15, 0.2) is 167 Å². The van der Waals surface area contributed by atoms with Crippen LogP contribution in [0.3, 0.4) is 0 Å². The highest BCUT2D eigenvalue weighted by molar-refractivity contribution is 6.13. The molecule has 212 valence electrons. The summed E-state index contributed by atoms with van der Waals surface area (Å²) < 4.78 is 12.8. The molecule has 7 aromatic carbocycles. The van der Waals surface area contributed by atoms with E-state index in [1.54, 1.807) is 0 Å². The highest BCUT2D eigenvalue weighted by Crippen LogP contribution is 2.43. The summed E-state index contributed by atoms with van der Waals surface area (Å²) in [5.41, 5.74) is 9.47. The van der Waals surface area contributed by atoms with E-state index in [0.29, 0.717) is 11.5 Å². The monoisotopic (exact) mass is 578 g/mol. The molecule has 2 heterocycles. The average Bonchev–Trinajstić information content (AvgIpc) is 3.69. The molecule has 0 aliphatic carbocycles. The van der Waals surface area contributed by atoms with Crippen LogP contribution in [-0.4, -0.2) is 4.98 Å². The Kier molecular flexibility index (Phi) is 5.78. The van der Waals surface area contributed by atoms with Gasteiger partial charge in [-0.3, -0.25) is 0 Å². The molecule has 45 heavy (non-hydrogen) atoms. The van der Waals surface area contributed by atoms with Crippen LogP contribution in [0.2, 0.25) is 0 Å². The van der Waals surface area contributed by atoms with E-state index in [1.807, 2.05) is 42.5 Å². The maximum Gasteiger partial charge on any atom is 0.227 e. The summed E-state index contributed by atoms with van der Waals surface area (Å²) in [7, 11) is 0. The van der Waals surface area contributed by atoms with Gasteiger partial charge in [-0.15, -0.1) is 0 Å². The first-order chi connectivity index (χ1) is 22.3. The first kappa shape index (κ1) is 25.4. The van der Waals surface area contributed by atoms with Crippen molar-refractivity contribution in [2.24, 2.45) is 0 Å². The zero-order chi connectivity index (χ0) is 29.7. The number of anilines is 3. The third-order valence-corrected chi connectivity index (χ3v) is 8.49. The van der Waals surface area contributed by atoms with Crippen LogP contribution in [0.5, 0.6) is 0 Å². The second-order valence-corrected chi connectivity index (χ2v) is 11.2. The molecule has 0 unspecified atom stereocenters. The summed E-state index contributed by atoms with van der Waals surface area (Å²) in [6.07, 6.45) is 0. The molecule has 0 aliphatic rings. The molecule has 4 nitrogen and oxygen atoms in total. The van der Waals surface area contributed by atoms with E-state index in [-0.39, 0.29) is 0 Å². The van der Waals surface area contributed by atoms with Crippen molar-refractivity contribution in [2.75, 3.05) is 4.90 Å². The van der Waals surface area contributed by atoms with E-state index in [2.05, 4.69) is 120 Å². The Balaban J connectivity index is 1.18. The topological polar surface area (TPSA) is 42.4 Å². The first-order valence-electron chi connectivity index (χ1n) is 15.0. The Bertz CT molecular complexity index is 2470. The minimum Gasteiger partial charge on any atom is -0.454 e. The van der Waals surface area contributed by atoms with Crippen molar-refractivity contribution in [1.82, 2.24) is 4.98 Å². The van der Waals surface area contributed by atoms with Gasteiger partial charge in [0, 0.05) is 33.8 Å². The fraction of sp³-hybridized carbons (Fsp3) is 0. The molecule has 0 amide bonds. The molecule has 0 bridgehead atoms. The molecule has 0 saturated heterocycles. The Morgan fingerprint density at radius 1 is 0.467 bits per heavy atom. The van der Waals surface area contributed by atoms with Gasteiger partial charge in [0.2, 0.25) is 5.89 Å². The fourth-order valence-corrected chi connectivity index (χ4v) is 6.36. The van der Waals surface area contributed by atoms with Gasteiger partial charge in [0.1, 0.15) is 11.1 Å². The van der Waals surface area contributed by atoms with Gasteiger partial charge in [-0.05, 0) is 70.4 Å². The van der Waals surface area contributed by atoms with E-state index >= 15 is 0 Å². The van der Waals surface area contributed by atoms with Gasteiger partial charge in [-0.2, -0.15) is 0 Å². The van der Waals surface area contributed by atoms with Crippen molar-refractivity contribution in [1.29, 1.82) is 0 Å². The van der Waals surface area contributed by atoms with Crippen LogP contribution in [0, 0.1) is 0 Å². The van der Waals surface area contributed by atoms with Gasteiger partial charge in [-0.25, -0.2) is 4.98 Å². The average molecular weight is 579 g/mol. The number of aromatic nitrogens is 1. The van der Waals surface area contributed by atoms with E-state index in [0.717, 1.165) is 50.1 Å². The zero-order valence-electron chi connectivity index (χ0n) is 24.2. The van der Waals surface area contributed by atoms with Crippen molar-refractivity contribution in [3.63, 3.8) is 0 Å². The lowest BCUT2D eigenvalue weighted by Crippen LogP contribution is -2.10. The molecular weight excluding hydrogens is 552 g/mol. The van der Waals surface area contributed by atoms with Crippen molar-refractivity contribution < 1.29 is 8.83 Å². The Morgan fingerprint density at radius 3 is 2.00 bits per heavy atom. The largest absolute Gasteiger partial charge is 0.454 e. The maximum absolute atomic E-state index is 6.64. The van der Waals surface area contributed by atoms with E-state index in [9.17, 15) is 0 Å². The Labute approximate surface area is 259 Å². The van der Waals surface area contributed by atoms with Crippen LogP contribution in [-0.2, 0) is 0 Å². The summed E-state index contributed by atoms with van der Waals surface area (Å²) in [4.78, 5) is 7.06. The quantitative estimate of drug-likeness (QED) is 0.204. The molecule has 0 fully saturated rings. The van der Waals surface area contributed by atoms with Gasteiger partial charge >= 0.3 is 0 Å². The molecule has 0 saturated carbocycles. The zero-order valence-corrected chi connectivity index (χ0v) is 24.2. The van der Waals surface area contributed by atoms with Crippen molar-refractivity contribution in [3.8, 4) is 22.6 Å². The molecule has 0 aliphatic heterocycles. The number of rotatable bonds is 5. The Hall–Kier alpha value is -6.13. The third-order valence-electron chi connectivity index (χ3n) is 8.49. The molecule has 0 spiro atoms. The Morgan fingerprint density at radius 2 is 1.16 bits per heavy atom. The second kappa shape index (κ2) is 10.2. The first-order valence-corrected chi connectivity index (χ1v) is 15.0. The molecular formula is C41H26N2O2. The number of fused-ring (bicyclic) bond motifs is 5. The number of nitrogens with zero attached hydrogens (tertiary/aromatic N) is 2. The van der Waals surface area contributed by atoms with Gasteiger partial charge in [0.25, 0.3) is 0 Å². The summed E-state index contributed by atoms with van der Waals surface area (Å²) in [5.74, 6) is 0.602. The van der Waals surface area contributed by atoms with Crippen molar-refractivity contribution >= 4 is 60.9 Å². The highest BCUT2D eigenvalue weighted by Gasteiger charge is 2.20. The SMILES string of the molecule is c1ccc(-c2nc3cc4c(cc3o2)oc2c(N(c3ccccc3)c3ccc(-c5cccc6ccccc56)cc3)cccc24)cc1. The minimum atomic E-state index is 0.602. The van der Waals surface area contributed by atoms with Crippen LogP contribution < -0.4 is 4.90 Å². The number of para-hydroxylation sites is 2. The molecule has 2 aromatic heterocycles. The number of furan rings is 1. The number of oxazole rings is 1. The van der Waals surface area contributed by atoms with Crippen LogP contribution >= 0.6 is 0 Å². The summed E-state index contributed by atoms with van der Waals surface area (Å²) >= 11 is 0. The molecule has 0 radical (unpaired) electrons. The number of benzene rings is 7. The fourth-order valence-electron chi connectivity index (χ4n) is 6.36. The lowest BCUT2D eigenvalue weighted by Gasteiger charge is -2.25. The molecule has 0 atom stereocenters. The van der Waals surface area contributed by atoms with Crippen LogP contribution in [0.25, 0.3) is 66.4 Å². The standard InChI is InChI=1S/C41H26N2O2/c1-3-12-29(13-4-1)41-42-36-25-35-34-19-10-20-37(40(34)44-38(35)26-39(36)45-41)43(30-15-5-2-6-16-30)31-23-21-28(22-24-31)33-18-9-14-27-11-7-8-17-32(27)33/h1-26H. The van der Waals surface area contributed by atoms with E-state index in [1.165, 1.54) is 21.9 Å². The second-order valence-electron chi connectivity index (χ2n) is 11.2. The molecule has 9 aromatic rings. The minimum absolute atomic E-state index is 0.602.